The lowest BCUT2D eigenvalue weighted by molar-refractivity contribution is -0.344. The van der Waals surface area contributed by atoms with E-state index in [1.165, 1.54) is 18.3 Å². The highest BCUT2D eigenvalue weighted by atomic mass is 16.7. The van der Waals surface area contributed by atoms with E-state index in [1.807, 2.05) is 20.1 Å². The Morgan fingerprint density at radius 1 is 0.979 bits per heavy atom. The average Bonchev–Trinajstić information content (AvgIpc) is 3.56. The molecule has 0 aromatic carbocycles. The molecule has 5 fully saturated rings. The molecule has 7 rings (SSSR count). The summed E-state index contributed by atoms with van der Waals surface area (Å²) < 4.78 is 54.2. The van der Waals surface area contributed by atoms with Crippen LogP contribution in [0.25, 0.3) is 0 Å². The van der Waals surface area contributed by atoms with Crippen LogP contribution in [0.3, 0.4) is 0 Å². The SMILES string of the molecule is CO[C@@H]1[C@@H](O)[C@H](O[C@H]2CC[C@@]3(C)C(=CC[C@H]4C(=O)O[C@@H]5CO[C@]6(C)OC=C(CC[C@@H]43)[C@@H]56)C2)O[C@H](C)[C@H]1O[C@H]1C[C@H](OC)[C@@H](O)[C@H](C)O1. The molecule has 47 heavy (non-hydrogen) atoms. The fraction of sp³-hybridized carbons (Fsp3) is 0.857. The van der Waals surface area contributed by atoms with Gasteiger partial charge in [-0.05, 0) is 69.3 Å². The first-order chi connectivity index (χ1) is 22.5. The molecule has 0 radical (unpaired) electrons. The van der Waals surface area contributed by atoms with Crippen molar-refractivity contribution in [1.82, 2.24) is 0 Å². The highest BCUT2D eigenvalue weighted by Gasteiger charge is 2.58. The quantitative estimate of drug-likeness (QED) is 0.319. The number of rotatable bonds is 6. The largest absolute Gasteiger partial charge is 0.469 e. The summed E-state index contributed by atoms with van der Waals surface area (Å²) in [6.07, 6.45) is 2.49. The lowest BCUT2D eigenvalue weighted by Gasteiger charge is -2.51. The summed E-state index contributed by atoms with van der Waals surface area (Å²) in [4.78, 5) is 13.6. The molecular weight excluding hydrogens is 612 g/mol. The van der Waals surface area contributed by atoms with E-state index in [9.17, 15) is 15.0 Å². The lowest BCUT2D eigenvalue weighted by atomic mass is 9.55. The molecule has 5 heterocycles. The lowest BCUT2D eigenvalue weighted by Crippen LogP contribution is -2.61. The normalized spacial score (nSPS) is 51.2. The van der Waals surface area contributed by atoms with Crippen LogP contribution in [0.4, 0.5) is 0 Å². The number of hydrogen-bond donors (Lipinski definition) is 2. The molecule has 12 heteroatoms. The first-order valence-corrected chi connectivity index (χ1v) is 17.4. The summed E-state index contributed by atoms with van der Waals surface area (Å²) in [5, 5.41) is 21.8. The van der Waals surface area contributed by atoms with Crippen molar-refractivity contribution in [2.24, 2.45) is 23.2 Å². The van der Waals surface area contributed by atoms with Gasteiger partial charge >= 0.3 is 5.97 Å². The van der Waals surface area contributed by atoms with Gasteiger partial charge in [0, 0.05) is 27.6 Å². The van der Waals surface area contributed by atoms with Crippen LogP contribution < -0.4 is 0 Å². The zero-order chi connectivity index (χ0) is 33.2. The van der Waals surface area contributed by atoms with Gasteiger partial charge in [-0.2, -0.15) is 0 Å². The van der Waals surface area contributed by atoms with E-state index in [2.05, 4.69) is 13.0 Å². The van der Waals surface area contributed by atoms with Crippen LogP contribution in [0, 0.1) is 23.2 Å². The molecule has 0 spiro atoms. The number of carbonyl (C=O) groups is 1. The van der Waals surface area contributed by atoms with E-state index in [-0.39, 0.29) is 41.3 Å². The maximum atomic E-state index is 13.6. The minimum absolute atomic E-state index is 0.0601. The van der Waals surface area contributed by atoms with E-state index in [0.717, 1.165) is 25.7 Å². The Labute approximate surface area is 276 Å². The molecule has 12 nitrogen and oxygen atoms in total. The molecule has 7 aliphatic rings. The first-order valence-electron chi connectivity index (χ1n) is 17.4. The van der Waals surface area contributed by atoms with E-state index in [4.69, 9.17) is 42.6 Å². The van der Waals surface area contributed by atoms with Gasteiger partial charge in [-0.3, -0.25) is 4.79 Å². The number of hydrogen-bond acceptors (Lipinski definition) is 12. The molecule has 264 valence electrons. The van der Waals surface area contributed by atoms with Crippen LogP contribution in [-0.4, -0.2) is 110 Å². The minimum Gasteiger partial charge on any atom is -0.469 e. The van der Waals surface area contributed by atoms with E-state index in [0.29, 0.717) is 25.9 Å². The van der Waals surface area contributed by atoms with E-state index in [1.54, 1.807) is 14.0 Å². The Kier molecular flexibility index (Phi) is 9.32. The second kappa shape index (κ2) is 12.9. The van der Waals surface area contributed by atoms with Crippen LogP contribution in [-0.2, 0) is 47.4 Å². The number of aliphatic hydroxyl groups excluding tert-OH is 2. The second-order valence-electron chi connectivity index (χ2n) is 15.0. The van der Waals surface area contributed by atoms with Crippen LogP contribution in [0.15, 0.2) is 23.5 Å². The summed E-state index contributed by atoms with van der Waals surface area (Å²) in [6, 6.07) is 0. The van der Waals surface area contributed by atoms with Crippen LogP contribution in [0.5, 0.6) is 0 Å². The Hall–Kier alpha value is -1.61. The fourth-order valence-corrected chi connectivity index (χ4v) is 9.57. The Morgan fingerprint density at radius 2 is 1.79 bits per heavy atom. The van der Waals surface area contributed by atoms with Crippen molar-refractivity contribution in [2.75, 3.05) is 20.8 Å². The van der Waals surface area contributed by atoms with E-state index < -0.39 is 61.1 Å². The summed E-state index contributed by atoms with van der Waals surface area (Å²) in [5.74, 6) is -1.01. The standard InChI is InChI=1S/C35H52O12/c1-17-28(36)24(39-5)14-26(43-17)47-30-18(2)44-33(29(37)31(30)40-6)45-21-11-12-34(3)20(13-21)8-9-22-23(34)10-7-19-15-41-35(4)27(19)25(16-42-35)46-32(22)38/h8,15,17-18,21-31,33,36-37H,7,9-14,16H2,1-6H3/t17-,18+,21-,22+,23-,24-,25+,26-,27-,28-,29+,30+,31+,33-,34-,35-/m0/s1. The van der Waals surface area contributed by atoms with Gasteiger partial charge in [0.05, 0.1) is 49.1 Å². The maximum Gasteiger partial charge on any atom is 0.309 e. The highest BCUT2D eigenvalue weighted by Crippen LogP contribution is 2.57. The molecule has 2 N–H and O–H groups in total. The first kappa shape index (κ1) is 33.9. The van der Waals surface area contributed by atoms with Crippen LogP contribution in [0.2, 0.25) is 0 Å². The zero-order valence-corrected chi connectivity index (χ0v) is 28.4. The van der Waals surface area contributed by atoms with Gasteiger partial charge in [0.25, 0.3) is 0 Å². The topological polar surface area (TPSA) is 141 Å². The monoisotopic (exact) mass is 664 g/mol. The van der Waals surface area contributed by atoms with E-state index >= 15 is 0 Å². The molecular formula is C35H52O12. The predicted molar refractivity (Wildman–Crippen MR) is 164 cm³/mol. The summed E-state index contributed by atoms with van der Waals surface area (Å²) in [7, 11) is 3.09. The molecule has 1 saturated carbocycles. The van der Waals surface area contributed by atoms with Gasteiger partial charge < -0.3 is 52.8 Å². The predicted octanol–water partition coefficient (Wildman–Crippen LogP) is 3.12. The number of esters is 1. The van der Waals surface area contributed by atoms with Crippen molar-refractivity contribution >= 4 is 5.97 Å². The Balaban J connectivity index is 1.01. The number of aliphatic hydroxyl groups is 2. The maximum absolute atomic E-state index is 13.6. The molecule has 0 amide bonds. The van der Waals surface area contributed by atoms with Crippen molar-refractivity contribution in [3.8, 4) is 0 Å². The molecule has 4 saturated heterocycles. The number of carbonyl (C=O) groups excluding carboxylic acids is 1. The summed E-state index contributed by atoms with van der Waals surface area (Å²) >= 11 is 0. The number of fused-ring (bicyclic) bond motifs is 3. The third kappa shape index (κ3) is 5.89. The molecule has 0 bridgehead atoms. The molecule has 2 aliphatic carbocycles. The third-order valence-corrected chi connectivity index (χ3v) is 12.3. The molecule has 0 unspecified atom stereocenters. The van der Waals surface area contributed by atoms with Crippen molar-refractivity contribution in [3.63, 3.8) is 0 Å². The molecule has 0 aromatic rings. The average molecular weight is 665 g/mol. The van der Waals surface area contributed by atoms with Crippen molar-refractivity contribution < 1.29 is 57.6 Å². The molecule has 0 aromatic heterocycles. The smallest absolute Gasteiger partial charge is 0.309 e. The zero-order valence-electron chi connectivity index (χ0n) is 28.4. The Morgan fingerprint density at radius 3 is 2.55 bits per heavy atom. The van der Waals surface area contributed by atoms with Gasteiger partial charge in [-0.25, -0.2) is 0 Å². The summed E-state index contributed by atoms with van der Waals surface area (Å²) in [6.45, 7) is 8.24. The summed E-state index contributed by atoms with van der Waals surface area (Å²) in [5.41, 5.74) is 2.31. The van der Waals surface area contributed by atoms with Gasteiger partial charge in [-0.1, -0.05) is 18.6 Å². The molecule has 5 aliphatic heterocycles. The van der Waals surface area contributed by atoms with Crippen molar-refractivity contribution in [3.05, 3.63) is 23.5 Å². The molecule has 16 atom stereocenters. The van der Waals surface area contributed by atoms with Crippen LogP contribution in [0.1, 0.15) is 72.6 Å². The number of ether oxygens (including phenoxy) is 9. The van der Waals surface area contributed by atoms with Crippen molar-refractivity contribution in [1.29, 1.82) is 0 Å². The second-order valence-corrected chi connectivity index (χ2v) is 15.0. The number of methoxy groups -OCH3 is 2. The van der Waals surface area contributed by atoms with Crippen LogP contribution >= 0.6 is 0 Å². The van der Waals surface area contributed by atoms with Gasteiger partial charge in [-0.15, -0.1) is 0 Å². The highest BCUT2D eigenvalue weighted by molar-refractivity contribution is 5.74. The van der Waals surface area contributed by atoms with Gasteiger partial charge in [0.1, 0.15) is 30.5 Å². The van der Waals surface area contributed by atoms with Gasteiger partial charge in [0.15, 0.2) is 12.6 Å². The third-order valence-electron chi connectivity index (χ3n) is 12.3. The van der Waals surface area contributed by atoms with Gasteiger partial charge in [0.2, 0.25) is 5.79 Å². The number of allylic oxidation sites excluding steroid dienone is 1. The van der Waals surface area contributed by atoms with Crippen molar-refractivity contribution in [2.45, 2.75) is 146 Å². The minimum atomic E-state index is -1.09. The Bertz CT molecular complexity index is 1240. The fourth-order valence-electron chi connectivity index (χ4n) is 9.57.